The molecule has 2 aliphatic rings. The number of amides is 1. The highest BCUT2D eigenvalue weighted by molar-refractivity contribution is 6.31. The Morgan fingerprint density at radius 3 is 2.50 bits per heavy atom. The lowest BCUT2D eigenvalue weighted by atomic mass is 9.55. The van der Waals surface area contributed by atoms with Gasteiger partial charge in [-0.05, 0) is 73.4 Å². The maximum absolute atomic E-state index is 12.9. The molecule has 6 heteroatoms. The number of ether oxygens (including phenoxy) is 1. The average Bonchev–Trinajstić information content (AvgIpc) is 2.93. The number of rotatable bonds is 4. The molecule has 1 amide bonds. The van der Waals surface area contributed by atoms with Crippen LogP contribution in [0.4, 0.5) is 0 Å². The summed E-state index contributed by atoms with van der Waals surface area (Å²) in [6.07, 6.45) is 0.772. The molecule has 2 aromatic carbocycles. The summed E-state index contributed by atoms with van der Waals surface area (Å²) in [6, 6.07) is 13.8. The van der Waals surface area contributed by atoms with E-state index in [1.54, 1.807) is 0 Å². The third-order valence-electron chi connectivity index (χ3n) is 7.02. The van der Waals surface area contributed by atoms with Crippen molar-refractivity contribution in [1.82, 2.24) is 5.32 Å². The Bertz CT molecular complexity index is 949. The number of hydrogen-bond donors (Lipinski definition) is 2. The Morgan fingerprint density at radius 1 is 1.17 bits per heavy atom. The van der Waals surface area contributed by atoms with Gasteiger partial charge in [0.25, 0.3) is 0 Å². The van der Waals surface area contributed by atoms with Crippen LogP contribution in [0.5, 0.6) is 5.75 Å². The minimum Gasteiger partial charge on any atom is -0.494 e. The summed E-state index contributed by atoms with van der Waals surface area (Å²) in [5.74, 6) is 0.834. The lowest BCUT2D eigenvalue weighted by molar-refractivity contribution is -0.127. The van der Waals surface area contributed by atoms with Crippen LogP contribution >= 0.6 is 23.2 Å². The average molecular weight is 447 g/mol. The van der Waals surface area contributed by atoms with Crippen molar-refractivity contribution in [2.24, 2.45) is 17.6 Å². The predicted octanol–water partition coefficient (Wildman–Crippen LogP) is 5.13. The van der Waals surface area contributed by atoms with Gasteiger partial charge in [-0.3, -0.25) is 4.79 Å². The minimum atomic E-state index is -0.905. The number of hydrogen-bond acceptors (Lipinski definition) is 3. The second kappa shape index (κ2) is 8.07. The van der Waals surface area contributed by atoms with E-state index in [1.807, 2.05) is 43.3 Å². The van der Waals surface area contributed by atoms with Crippen LogP contribution in [-0.2, 0) is 4.79 Å². The van der Waals surface area contributed by atoms with Crippen LogP contribution in [0.1, 0.15) is 50.2 Å². The molecule has 1 heterocycles. The fourth-order valence-corrected chi connectivity index (χ4v) is 6.07. The first-order valence-electron chi connectivity index (χ1n) is 10.5. The molecule has 1 saturated heterocycles. The highest BCUT2D eigenvalue weighted by Crippen LogP contribution is 2.56. The molecule has 4 rings (SSSR count). The standard InChI is InChI=1S/C24H28Cl2N2O2/c1-4-30-17-9-10-18(20(26)12-17)19-11-13(2)24(27)22(14(3)28-23(24)29)21(19)15-5-7-16(25)8-6-15/h5-10,12-14,19,21-22H,4,11,27H2,1-3H3,(H,28,29)/t13-,14?,19?,21+,22?,24?/m1/s1. The second-order valence-corrected chi connectivity index (χ2v) is 9.50. The zero-order valence-corrected chi connectivity index (χ0v) is 19.0. The van der Waals surface area contributed by atoms with Crippen LogP contribution in [-0.4, -0.2) is 24.1 Å². The van der Waals surface area contributed by atoms with Gasteiger partial charge >= 0.3 is 0 Å². The number of carbonyl (C=O) groups excluding carboxylic acids is 1. The van der Waals surface area contributed by atoms with E-state index in [4.69, 9.17) is 33.7 Å². The molecule has 3 N–H and O–H groups in total. The van der Waals surface area contributed by atoms with Crippen molar-refractivity contribution in [1.29, 1.82) is 0 Å². The van der Waals surface area contributed by atoms with Gasteiger partial charge < -0.3 is 15.8 Å². The number of benzene rings is 2. The predicted molar refractivity (Wildman–Crippen MR) is 121 cm³/mol. The van der Waals surface area contributed by atoms with Crippen molar-refractivity contribution in [3.8, 4) is 5.75 Å². The molecule has 1 saturated carbocycles. The smallest absolute Gasteiger partial charge is 0.240 e. The van der Waals surface area contributed by atoms with Crippen LogP contribution in [0.2, 0.25) is 10.0 Å². The summed E-state index contributed by atoms with van der Waals surface area (Å²) in [6.45, 7) is 6.67. The maximum Gasteiger partial charge on any atom is 0.240 e. The molecule has 2 aromatic rings. The quantitative estimate of drug-likeness (QED) is 0.683. The number of fused-ring (bicyclic) bond motifs is 1. The molecule has 0 spiro atoms. The topological polar surface area (TPSA) is 64.3 Å². The highest BCUT2D eigenvalue weighted by atomic mass is 35.5. The Morgan fingerprint density at radius 2 is 1.87 bits per heavy atom. The Hall–Kier alpha value is -1.75. The second-order valence-electron chi connectivity index (χ2n) is 8.66. The molecule has 160 valence electrons. The normalized spacial score (nSPS) is 33.1. The maximum atomic E-state index is 12.9. The summed E-state index contributed by atoms with van der Waals surface area (Å²) in [5, 5.41) is 4.48. The van der Waals surface area contributed by atoms with Crippen molar-refractivity contribution in [3.63, 3.8) is 0 Å². The van der Waals surface area contributed by atoms with Crippen molar-refractivity contribution < 1.29 is 9.53 Å². The highest BCUT2D eigenvalue weighted by Gasteiger charge is 2.61. The molecular formula is C24H28Cl2N2O2. The van der Waals surface area contributed by atoms with Gasteiger partial charge in [0, 0.05) is 22.0 Å². The van der Waals surface area contributed by atoms with Gasteiger partial charge in [-0.15, -0.1) is 0 Å². The van der Waals surface area contributed by atoms with E-state index >= 15 is 0 Å². The van der Waals surface area contributed by atoms with Gasteiger partial charge in [0.2, 0.25) is 5.91 Å². The minimum absolute atomic E-state index is 0.0173. The van der Waals surface area contributed by atoms with E-state index in [0.29, 0.717) is 16.7 Å². The summed E-state index contributed by atoms with van der Waals surface area (Å²) in [7, 11) is 0. The lowest BCUT2D eigenvalue weighted by Crippen LogP contribution is -2.61. The lowest BCUT2D eigenvalue weighted by Gasteiger charge is -2.49. The number of carbonyl (C=O) groups is 1. The van der Waals surface area contributed by atoms with E-state index in [9.17, 15) is 4.79 Å². The zero-order valence-electron chi connectivity index (χ0n) is 17.5. The van der Waals surface area contributed by atoms with Crippen molar-refractivity contribution in [2.45, 2.75) is 50.6 Å². The SMILES string of the molecule is CCOc1ccc(C2C[C@@H](C)C3(N)C(=O)NC(C)C3[C@H]2c2ccc(Cl)cc2)c(Cl)c1. The molecule has 2 fully saturated rings. The molecule has 30 heavy (non-hydrogen) atoms. The van der Waals surface area contributed by atoms with Gasteiger partial charge in [0.15, 0.2) is 0 Å². The van der Waals surface area contributed by atoms with E-state index < -0.39 is 5.54 Å². The van der Waals surface area contributed by atoms with Gasteiger partial charge in [-0.1, -0.05) is 48.3 Å². The molecule has 4 unspecified atom stereocenters. The van der Waals surface area contributed by atoms with Crippen molar-refractivity contribution in [3.05, 3.63) is 63.6 Å². The fourth-order valence-electron chi connectivity index (χ4n) is 5.63. The van der Waals surface area contributed by atoms with E-state index in [0.717, 1.165) is 23.3 Å². The van der Waals surface area contributed by atoms with Gasteiger partial charge in [-0.2, -0.15) is 0 Å². The van der Waals surface area contributed by atoms with Crippen LogP contribution in [0, 0.1) is 11.8 Å². The zero-order chi connectivity index (χ0) is 21.6. The summed E-state index contributed by atoms with van der Waals surface area (Å²) >= 11 is 12.9. The Kier molecular flexibility index (Phi) is 5.78. The Labute approximate surface area is 188 Å². The summed E-state index contributed by atoms with van der Waals surface area (Å²) in [5.41, 5.74) is 8.14. The third-order valence-corrected chi connectivity index (χ3v) is 7.60. The molecule has 6 atom stereocenters. The van der Waals surface area contributed by atoms with E-state index in [1.165, 1.54) is 0 Å². The third kappa shape index (κ3) is 3.39. The van der Waals surface area contributed by atoms with Crippen LogP contribution in [0.3, 0.4) is 0 Å². The van der Waals surface area contributed by atoms with Crippen LogP contribution in [0.25, 0.3) is 0 Å². The van der Waals surface area contributed by atoms with E-state index in [-0.39, 0.29) is 35.6 Å². The number of nitrogens with one attached hydrogen (secondary N) is 1. The largest absolute Gasteiger partial charge is 0.494 e. The Balaban J connectivity index is 1.84. The van der Waals surface area contributed by atoms with Gasteiger partial charge in [0.1, 0.15) is 11.3 Å². The first-order chi connectivity index (χ1) is 14.3. The molecule has 0 bridgehead atoms. The van der Waals surface area contributed by atoms with Gasteiger partial charge in [0.05, 0.1) is 6.61 Å². The molecular weight excluding hydrogens is 419 g/mol. The summed E-state index contributed by atoms with van der Waals surface area (Å²) < 4.78 is 5.62. The molecule has 0 aromatic heterocycles. The van der Waals surface area contributed by atoms with Crippen LogP contribution in [0.15, 0.2) is 42.5 Å². The molecule has 4 nitrogen and oxygen atoms in total. The van der Waals surface area contributed by atoms with Gasteiger partial charge in [-0.25, -0.2) is 0 Å². The monoisotopic (exact) mass is 446 g/mol. The first-order valence-corrected chi connectivity index (χ1v) is 11.3. The van der Waals surface area contributed by atoms with E-state index in [2.05, 4.69) is 25.2 Å². The molecule has 0 radical (unpaired) electrons. The van der Waals surface area contributed by atoms with Crippen molar-refractivity contribution in [2.75, 3.05) is 6.61 Å². The van der Waals surface area contributed by atoms with Crippen molar-refractivity contribution >= 4 is 29.1 Å². The molecule has 1 aliphatic heterocycles. The number of halogens is 2. The summed E-state index contributed by atoms with van der Waals surface area (Å²) in [4.78, 5) is 12.9. The first kappa shape index (κ1) is 21.5. The van der Waals surface area contributed by atoms with Crippen LogP contribution < -0.4 is 15.8 Å². The fraction of sp³-hybridized carbons (Fsp3) is 0.458. The molecule has 1 aliphatic carbocycles. The number of nitrogens with two attached hydrogens (primary N) is 1.